The number of benzene rings is 1. The molecule has 0 bridgehead atoms. The van der Waals surface area contributed by atoms with Crippen LogP contribution in [0.5, 0.6) is 5.75 Å². The predicted molar refractivity (Wildman–Crippen MR) is 62.2 cm³/mol. The van der Waals surface area contributed by atoms with E-state index in [-0.39, 0.29) is 0 Å². The Labute approximate surface area is 89.8 Å². The average Bonchev–Trinajstić information content (AvgIpc) is 2.46. The van der Waals surface area contributed by atoms with Crippen molar-refractivity contribution in [3.63, 3.8) is 0 Å². The normalized spacial score (nSPS) is 14.9. The van der Waals surface area contributed by atoms with Crippen LogP contribution in [0.25, 0.3) is 0 Å². The smallest absolute Gasteiger partial charge is 0.116 e. The zero-order chi connectivity index (χ0) is 10.3. The Morgan fingerprint density at radius 1 is 1.29 bits per heavy atom. The maximum atomic E-state index is 9.57. The van der Waals surface area contributed by atoms with E-state index in [1.165, 1.54) is 16.7 Å². The average molecular weight is 206 g/mol. The van der Waals surface area contributed by atoms with Gasteiger partial charge in [0, 0.05) is 4.86 Å². The summed E-state index contributed by atoms with van der Waals surface area (Å²) in [5.74, 6) is 0.795. The molecule has 1 aliphatic rings. The Morgan fingerprint density at radius 3 is 2.64 bits per heavy atom. The molecule has 1 aliphatic carbocycles. The molecule has 0 saturated heterocycles. The molecular formula is C12H14OS. The number of hydrogen-bond donors (Lipinski definition) is 1. The Kier molecular flexibility index (Phi) is 2.31. The van der Waals surface area contributed by atoms with Gasteiger partial charge in [0.05, 0.1) is 0 Å². The van der Waals surface area contributed by atoms with Crippen LogP contribution in [0.15, 0.2) is 12.1 Å². The standard InChI is InChI=1S/C12H14OS/c1-7(2)10-6-9(13)5-8-3-4-11(14)12(8)10/h5-7,13H,3-4H2,1-2H3. The van der Waals surface area contributed by atoms with Gasteiger partial charge in [0.15, 0.2) is 0 Å². The molecule has 0 radical (unpaired) electrons. The zero-order valence-corrected chi connectivity index (χ0v) is 9.32. The molecule has 74 valence electrons. The van der Waals surface area contributed by atoms with Crippen molar-refractivity contribution in [1.82, 2.24) is 0 Å². The van der Waals surface area contributed by atoms with E-state index in [4.69, 9.17) is 12.2 Å². The summed E-state index contributed by atoms with van der Waals surface area (Å²) in [6.45, 7) is 4.27. The van der Waals surface area contributed by atoms with Crippen LogP contribution in [0.2, 0.25) is 0 Å². The molecule has 14 heavy (non-hydrogen) atoms. The molecule has 0 aromatic heterocycles. The number of rotatable bonds is 1. The minimum Gasteiger partial charge on any atom is -0.508 e. The number of phenols is 1. The lowest BCUT2D eigenvalue weighted by molar-refractivity contribution is 0.473. The van der Waals surface area contributed by atoms with Crippen LogP contribution in [0.1, 0.15) is 42.9 Å². The van der Waals surface area contributed by atoms with Crippen molar-refractivity contribution in [2.45, 2.75) is 32.6 Å². The van der Waals surface area contributed by atoms with Gasteiger partial charge in [-0.25, -0.2) is 0 Å². The van der Waals surface area contributed by atoms with Gasteiger partial charge in [-0.1, -0.05) is 26.1 Å². The molecule has 0 unspecified atom stereocenters. The first-order valence-electron chi connectivity index (χ1n) is 4.98. The van der Waals surface area contributed by atoms with Crippen LogP contribution in [0, 0.1) is 0 Å². The molecule has 2 rings (SSSR count). The molecular weight excluding hydrogens is 192 g/mol. The van der Waals surface area contributed by atoms with Crippen LogP contribution >= 0.6 is 12.2 Å². The first-order valence-corrected chi connectivity index (χ1v) is 5.39. The van der Waals surface area contributed by atoms with Gasteiger partial charge in [0.25, 0.3) is 0 Å². The fourth-order valence-electron chi connectivity index (χ4n) is 2.08. The van der Waals surface area contributed by atoms with Gasteiger partial charge < -0.3 is 5.11 Å². The highest BCUT2D eigenvalue weighted by Gasteiger charge is 2.21. The fraction of sp³-hybridized carbons (Fsp3) is 0.417. The number of thiocarbonyl (C=S) groups is 1. The fourth-order valence-corrected chi connectivity index (χ4v) is 2.43. The Hall–Kier alpha value is -0.890. The van der Waals surface area contributed by atoms with Crippen molar-refractivity contribution in [2.75, 3.05) is 0 Å². The molecule has 1 aromatic rings. The number of aryl methyl sites for hydroxylation is 1. The minimum absolute atomic E-state index is 0.372. The van der Waals surface area contributed by atoms with Crippen LogP contribution in [0.3, 0.4) is 0 Å². The van der Waals surface area contributed by atoms with E-state index < -0.39 is 0 Å². The molecule has 0 fully saturated rings. The summed E-state index contributed by atoms with van der Waals surface area (Å²) in [5.41, 5.74) is 3.65. The lowest BCUT2D eigenvalue weighted by Crippen LogP contribution is -1.99. The number of hydrogen-bond acceptors (Lipinski definition) is 2. The highest BCUT2D eigenvalue weighted by molar-refractivity contribution is 7.80. The van der Waals surface area contributed by atoms with Crippen LogP contribution in [-0.4, -0.2) is 9.97 Å². The van der Waals surface area contributed by atoms with E-state index >= 15 is 0 Å². The summed E-state index contributed by atoms with van der Waals surface area (Å²) in [6.07, 6.45) is 1.95. The molecule has 0 saturated carbocycles. The second kappa shape index (κ2) is 3.35. The molecule has 0 amide bonds. The van der Waals surface area contributed by atoms with Crippen molar-refractivity contribution < 1.29 is 5.11 Å². The highest BCUT2D eigenvalue weighted by Crippen LogP contribution is 2.33. The van der Waals surface area contributed by atoms with Crippen molar-refractivity contribution >= 4 is 17.1 Å². The molecule has 0 aliphatic heterocycles. The van der Waals surface area contributed by atoms with E-state index in [0.717, 1.165) is 17.7 Å². The van der Waals surface area contributed by atoms with Gasteiger partial charge >= 0.3 is 0 Å². The first kappa shape index (κ1) is 9.66. The molecule has 0 spiro atoms. The van der Waals surface area contributed by atoms with Crippen LogP contribution in [-0.2, 0) is 6.42 Å². The maximum absolute atomic E-state index is 9.57. The Bertz CT molecular complexity index is 394. The summed E-state index contributed by atoms with van der Waals surface area (Å²) in [7, 11) is 0. The van der Waals surface area contributed by atoms with E-state index in [9.17, 15) is 5.11 Å². The summed E-state index contributed by atoms with van der Waals surface area (Å²) < 4.78 is 0. The molecule has 1 aromatic carbocycles. The molecule has 0 atom stereocenters. The molecule has 1 N–H and O–H groups in total. The van der Waals surface area contributed by atoms with Crippen molar-refractivity contribution in [3.05, 3.63) is 28.8 Å². The van der Waals surface area contributed by atoms with E-state index in [1.54, 1.807) is 0 Å². The van der Waals surface area contributed by atoms with Gasteiger partial charge in [0.1, 0.15) is 5.75 Å². The minimum atomic E-state index is 0.372. The number of aromatic hydroxyl groups is 1. The second-order valence-corrected chi connectivity index (χ2v) is 4.64. The summed E-state index contributed by atoms with van der Waals surface area (Å²) in [6, 6.07) is 3.70. The Balaban J connectivity index is 2.65. The molecule has 2 heteroatoms. The number of fused-ring (bicyclic) bond motifs is 1. The zero-order valence-electron chi connectivity index (χ0n) is 8.50. The predicted octanol–water partition coefficient (Wildman–Crippen LogP) is 3.18. The summed E-state index contributed by atoms with van der Waals surface area (Å²) in [5, 5.41) is 9.57. The van der Waals surface area contributed by atoms with E-state index in [1.807, 2.05) is 12.1 Å². The van der Waals surface area contributed by atoms with Gasteiger partial charge in [-0.05, 0) is 47.6 Å². The third kappa shape index (κ3) is 1.44. The Morgan fingerprint density at radius 2 is 2.00 bits per heavy atom. The monoisotopic (exact) mass is 206 g/mol. The van der Waals surface area contributed by atoms with E-state index in [0.29, 0.717) is 11.7 Å². The maximum Gasteiger partial charge on any atom is 0.116 e. The second-order valence-electron chi connectivity index (χ2n) is 4.15. The van der Waals surface area contributed by atoms with Crippen molar-refractivity contribution in [3.8, 4) is 5.75 Å². The van der Waals surface area contributed by atoms with Crippen LogP contribution in [0.4, 0.5) is 0 Å². The van der Waals surface area contributed by atoms with Crippen LogP contribution < -0.4 is 0 Å². The summed E-state index contributed by atoms with van der Waals surface area (Å²) in [4.78, 5) is 1.06. The first-order chi connectivity index (χ1) is 6.59. The van der Waals surface area contributed by atoms with Gasteiger partial charge in [-0.2, -0.15) is 0 Å². The third-order valence-electron chi connectivity index (χ3n) is 2.76. The topological polar surface area (TPSA) is 20.2 Å². The van der Waals surface area contributed by atoms with Gasteiger partial charge in [0.2, 0.25) is 0 Å². The van der Waals surface area contributed by atoms with Gasteiger partial charge in [-0.15, -0.1) is 0 Å². The molecule has 0 heterocycles. The third-order valence-corrected chi connectivity index (χ3v) is 3.17. The van der Waals surface area contributed by atoms with Crippen molar-refractivity contribution in [1.29, 1.82) is 0 Å². The largest absolute Gasteiger partial charge is 0.508 e. The highest BCUT2D eigenvalue weighted by atomic mass is 32.1. The quantitative estimate of drug-likeness (QED) is 0.712. The summed E-state index contributed by atoms with van der Waals surface area (Å²) >= 11 is 5.34. The SMILES string of the molecule is CC(C)c1cc(O)cc2c1C(=S)CC2. The lowest BCUT2D eigenvalue weighted by atomic mass is 9.94. The van der Waals surface area contributed by atoms with E-state index in [2.05, 4.69) is 13.8 Å². The van der Waals surface area contributed by atoms with Crippen molar-refractivity contribution in [2.24, 2.45) is 0 Å². The number of phenolic OH excluding ortho intramolecular Hbond substituents is 1. The molecule has 1 nitrogen and oxygen atoms in total. The lowest BCUT2D eigenvalue weighted by Gasteiger charge is -2.12. The van der Waals surface area contributed by atoms with Gasteiger partial charge in [-0.3, -0.25) is 0 Å².